The Morgan fingerprint density at radius 3 is 2.72 bits per heavy atom. The molecule has 0 aromatic heterocycles. The molecule has 1 aromatic rings. The van der Waals surface area contributed by atoms with Crippen molar-refractivity contribution in [2.24, 2.45) is 5.92 Å². The minimum absolute atomic E-state index is 0.111. The van der Waals surface area contributed by atoms with Crippen LogP contribution in [0, 0.1) is 19.8 Å². The molecule has 0 aliphatic carbocycles. The van der Waals surface area contributed by atoms with Gasteiger partial charge in [0.25, 0.3) is 0 Å². The number of hydrogen-bond acceptors (Lipinski definition) is 5. The van der Waals surface area contributed by atoms with Crippen LogP contribution in [0.25, 0.3) is 0 Å². The zero-order chi connectivity index (χ0) is 18.6. The van der Waals surface area contributed by atoms with E-state index in [9.17, 15) is 13.2 Å². The Morgan fingerprint density at radius 1 is 1.36 bits per heavy atom. The Hall–Kier alpha value is -1.64. The number of piperidine rings is 1. The summed E-state index contributed by atoms with van der Waals surface area (Å²) in [5, 5.41) is 11.6. The monoisotopic (exact) mass is 370 g/mol. The van der Waals surface area contributed by atoms with Gasteiger partial charge in [0.1, 0.15) is 5.75 Å². The van der Waals surface area contributed by atoms with E-state index in [1.54, 1.807) is 26.2 Å². The lowest BCUT2D eigenvalue weighted by atomic mass is 10.00. The van der Waals surface area contributed by atoms with Gasteiger partial charge in [-0.25, -0.2) is 8.42 Å². The van der Waals surface area contributed by atoms with Crippen molar-refractivity contribution in [3.8, 4) is 5.75 Å². The normalized spacial score (nSPS) is 18.9. The summed E-state index contributed by atoms with van der Waals surface area (Å²) in [5.41, 5.74) is 1.44. The molecule has 0 bridgehead atoms. The molecular formula is C17H26N2O5S. The molecule has 1 aromatic carbocycles. The molecule has 2 N–H and O–H groups in total. The first kappa shape index (κ1) is 19.7. The Kier molecular flexibility index (Phi) is 6.42. The van der Waals surface area contributed by atoms with Crippen LogP contribution in [0.5, 0.6) is 5.75 Å². The molecule has 1 heterocycles. The van der Waals surface area contributed by atoms with E-state index in [2.05, 4.69) is 5.32 Å². The van der Waals surface area contributed by atoms with Gasteiger partial charge in [0.05, 0.1) is 18.6 Å². The number of benzene rings is 1. The summed E-state index contributed by atoms with van der Waals surface area (Å²) in [6.45, 7) is 4.87. The van der Waals surface area contributed by atoms with Gasteiger partial charge in [-0.3, -0.25) is 4.79 Å². The predicted molar refractivity (Wildman–Crippen MR) is 94.5 cm³/mol. The van der Waals surface area contributed by atoms with E-state index in [1.165, 1.54) is 4.31 Å². The highest BCUT2D eigenvalue weighted by atomic mass is 32.2. The van der Waals surface area contributed by atoms with E-state index in [4.69, 9.17) is 9.84 Å². The van der Waals surface area contributed by atoms with E-state index >= 15 is 0 Å². The van der Waals surface area contributed by atoms with Crippen molar-refractivity contribution < 1.29 is 23.1 Å². The molecule has 1 aliphatic rings. The van der Waals surface area contributed by atoms with Gasteiger partial charge < -0.3 is 15.2 Å². The zero-order valence-corrected chi connectivity index (χ0v) is 15.7. The number of ether oxygens (including phenoxy) is 1. The first-order chi connectivity index (χ1) is 11.8. The Bertz CT molecular complexity index is 733. The standard InChI is InChI=1S/C17H26N2O5S/c1-12-8-16(13(2)7-15(12)24-3)25(22,23)19-6-4-5-14(11-19)9-18-10-17(20)21/h7-8,14,18H,4-6,9-11H2,1-3H3,(H,20,21). The van der Waals surface area contributed by atoms with Gasteiger partial charge in [-0.15, -0.1) is 0 Å². The maximum absolute atomic E-state index is 13.1. The largest absolute Gasteiger partial charge is 0.496 e. The van der Waals surface area contributed by atoms with E-state index in [0.717, 1.165) is 18.4 Å². The van der Waals surface area contributed by atoms with Crippen LogP contribution in [0.2, 0.25) is 0 Å². The molecule has 140 valence electrons. The van der Waals surface area contributed by atoms with Crippen LogP contribution in [0.15, 0.2) is 17.0 Å². The number of hydrogen-bond donors (Lipinski definition) is 2. The van der Waals surface area contributed by atoms with Crippen LogP contribution in [-0.2, 0) is 14.8 Å². The van der Waals surface area contributed by atoms with Crippen molar-refractivity contribution in [1.29, 1.82) is 0 Å². The van der Waals surface area contributed by atoms with Gasteiger partial charge in [0.2, 0.25) is 10.0 Å². The number of nitrogens with zero attached hydrogens (tertiary/aromatic N) is 1. The smallest absolute Gasteiger partial charge is 0.317 e. The highest BCUT2D eigenvalue weighted by Gasteiger charge is 2.31. The number of carboxylic acid groups (broad SMARTS) is 1. The van der Waals surface area contributed by atoms with E-state index in [1.807, 2.05) is 6.92 Å². The number of rotatable bonds is 7. The molecule has 1 saturated heterocycles. The van der Waals surface area contributed by atoms with Crippen molar-refractivity contribution in [2.45, 2.75) is 31.6 Å². The molecule has 1 atom stereocenters. The summed E-state index contributed by atoms with van der Waals surface area (Å²) >= 11 is 0. The van der Waals surface area contributed by atoms with Crippen molar-refractivity contribution in [2.75, 3.05) is 33.3 Å². The summed E-state index contributed by atoms with van der Waals surface area (Å²) < 4.78 is 32.9. The summed E-state index contributed by atoms with van der Waals surface area (Å²) in [4.78, 5) is 10.9. The lowest BCUT2D eigenvalue weighted by Gasteiger charge is -2.32. The molecule has 0 saturated carbocycles. The maximum atomic E-state index is 13.1. The number of aliphatic carboxylic acids is 1. The highest BCUT2D eigenvalue weighted by molar-refractivity contribution is 7.89. The lowest BCUT2D eigenvalue weighted by molar-refractivity contribution is -0.136. The first-order valence-corrected chi connectivity index (χ1v) is 9.77. The maximum Gasteiger partial charge on any atom is 0.317 e. The van der Waals surface area contributed by atoms with Crippen LogP contribution < -0.4 is 10.1 Å². The third kappa shape index (κ3) is 4.71. The SMILES string of the molecule is COc1cc(C)c(S(=O)(=O)N2CCCC(CNCC(=O)O)C2)cc1C. The zero-order valence-electron chi connectivity index (χ0n) is 14.9. The molecule has 25 heavy (non-hydrogen) atoms. The van der Waals surface area contributed by atoms with Crippen LogP contribution in [-0.4, -0.2) is 57.1 Å². The van der Waals surface area contributed by atoms with Gasteiger partial charge >= 0.3 is 5.97 Å². The summed E-state index contributed by atoms with van der Waals surface area (Å²) in [5.74, 6) is -0.127. The lowest BCUT2D eigenvalue weighted by Crippen LogP contribution is -2.43. The van der Waals surface area contributed by atoms with Crippen LogP contribution in [0.4, 0.5) is 0 Å². The molecule has 1 unspecified atom stereocenters. The first-order valence-electron chi connectivity index (χ1n) is 8.33. The van der Waals surface area contributed by atoms with Crippen molar-refractivity contribution in [1.82, 2.24) is 9.62 Å². The third-order valence-electron chi connectivity index (χ3n) is 4.50. The molecule has 1 fully saturated rings. The number of nitrogens with one attached hydrogen (secondary N) is 1. The second-order valence-electron chi connectivity index (χ2n) is 6.48. The molecule has 1 aliphatic heterocycles. The predicted octanol–water partition coefficient (Wildman–Crippen LogP) is 1.39. The van der Waals surface area contributed by atoms with Gasteiger partial charge in [-0.05, 0) is 62.4 Å². The minimum Gasteiger partial charge on any atom is -0.496 e. The van der Waals surface area contributed by atoms with Crippen LogP contribution in [0.3, 0.4) is 0 Å². The van der Waals surface area contributed by atoms with E-state index < -0.39 is 16.0 Å². The second-order valence-corrected chi connectivity index (χ2v) is 8.39. The van der Waals surface area contributed by atoms with Crippen LogP contribution in [0.1, 0.15) is 24.0 Å². The molecule has 7 nitrogen and oxygen atoms in total. The summed E-state index contributed by atoms with van der Waals surface area (Å²) in [6, 6.07) is 3.41. The highest BCUT2D eigenvalue weighted by Crippen LogP contribution is 2.30. The number of carboxylic acids is 1. The molecule has 8 heteroatoms. The molecule has 0 spiro atoms. The second kappa shape index (κ2) is 8.16. The number of methoxy groups -OCH3 is 1. The number of sulfonamides is 1. The average Bonchev–Trinajstić information content (AvgIpc) is 2.56. The third-order valence-corrected chi connectivity index (χ3v) is 6.51. The quantitative estimate of drug-likeness (QED) is 0.753. The minimum atomic E-state index is -3.58. The molecule has 0 amide bonds. The Balaban J connectivity index is 2.16. The Labute approximate surface area is 149 Å². The van der Waals surface area contributed by atoms with E-state index in [-0.39, 0.29) is 12.5 Å². The Morgan fingerprint density at radius 2 is 2.08 bits per heavy atom. The van der Waals surface area contributed by atoms with Gasteiger partial charge in [0.15, 0.2) is 0 Å². The van der Waals surface area contributed by atoms with Gasteiger partial charge in [-0.1, -0.05) is 0 Å². The molecule has 2 rings (SSSR count). The van der Waals surface area contributed by atoms with Crippen molar-refractivity contribution in [3.63, 3.8) is 0 Å². The van der Waals surface area contributed by atoms with Crippen LogP contribution >= 0.6 is 0 Å². The van der Waals surface area contributed by atoms with Gasteiger partial charge in [-0.2, -0.15) is 4.31 Å². The topological polar surface area (TPSA) is 95.9 Å². The summed E-state index contributed by atoms with van der Waals surface area (Å²) in [7, 11) is -2.02. The van der Waals surface area contributed by atoms with E-state index in [0.29, 0.717) is 35.8 Å². The fourth-order valence-corrected chi connectivity index (χ4v) is 5.04. The molecular weight excluding hydrogens is 344 g/mol. The van der Waals surface area contributed by atoms with Crippen molar-refractivity contribution >= 4 is 16.0 Å². The average molecular weight is 370 g/mol. The van der Waals surface area contributed by atoms with Crippen molar-refractivity contribution in [3.05, 3.63) is 23.3 Å². The molecule has 0 radical (unpaired) electrons. The number of aryl methyl sites for hydroxylation is 2. The fraction of sp³-hybridized carbons (Fsp3) is 0.588. The number of carbonyl (C=O) groups is 1. The summed E-state index contributed by atoms with van der Waals surface area (Å²) in [6.07, 6.45) is 1.66. The fourth-order valence-electron chi connectivity index (χ4n) is 3.20. The van der Waals surface area contributed by atoms with Gasteiger partial charge in [0, 0.05) is 13.1 Å².